The standard InChI is InChI=1S/C15H11N3O3S.C6H13NO/c19-15(20)14-18-13-10-2-1-8(9-6-16-17-7-9)5-11(10)21-4-3-12(13)22-14;1-7-5-6-3-2-4-8-6/h1-2,5-7H,3-4H2,(H,16,17)(H,19,20);6-7H,2-5H2,1H3/t;6-/m.1/s1. The predicted octanol–water partition coefficient (Wildman–Crippen LogP) is 3.22. The highest BCUT2D eigenvalue weighted by Gasteiger charge is 2.23. The first-order valence-corrected chi connectivity index (χ1v) is 10.7. The largest absolute Gasteiger partial charge is 0.492 e. The topological polar surface area (TPSA) is 109 Å². The molecule has 0 amide bonds. The van der Waals surface area contributed by atoms with Gasteiger partial charge in [-0.05, 0) is 37.6 Å². The second-order valence-electron chi connectivity index (χ2n) is 7.09. The van der Waals surface area contributed by atoms with Crippen LogP contribution in [0.15, 0.2) is 30.6 Å². The third-order valence-electron chi connectivity index (χ3n) is 4.99. The SMILES string of the molecule is CNC[C@H]1CCCO1.O=C(O)c1nc2c(s1)CCOc1cc(-c3cn[nH]c3)ccc1-2. The van der Waals surface area contributed by atoms with Gasteiger partial charge in [0.25, 0.3) is 0 Å². The average molecular weight is 429 g/mol. The molecule has 4 heterocycles. The summed E-state index contributed by atoms with van der Waals surface area (Å²) in [6, 6.07) is 5.82. The minimum Gasteiger partial charge on any atom is -0.492 e. The van der Waals surface area contributed by atoms with Crippen molar-refractivity contribution in [2.45, 2.75) is 25.4 Å². The Morgan fingerprint density at radius 2 is 2.27 bits per heavy atom. The lowest BCUT2D eigenvalue weighted by atomic mass is 10.0. The van der Waals surface area contributed by atoms with Crippen LogP contribution in [0.25, 0.3) is 22.4 Å². The zero-order valence-corrected chi connectivity index (χ0v) is 17.5. The lowest BCUT2D eigenvalue weighted by Crippen LogP contribution is -2.22. The number of likely N-dealkylation sites (N-methyl/N-ethyl adjacent to an activating group) is 1. The smallest absolute Gasteiger partial charge is 0.365 e. The average Bonchev–Trinajstić information content (AvgIpc) is 3.50. The van der Waals surface area contributed by atoms with Crippen molar-refractivity contribution in [3.05, 3.63) is 40.5 Å². The van der Waals surface area contributed by atoms with E-state index in [0.717, 1.165) is 40.5 Å². The number of rotatable bonds is 4. The molecule has 3 N–H and O–H groups in total. The summed E-state index contributed by atoms with van der Waals surface area (Å²) in [5, 5.41) is 19.1. The fraction of sp³-hybridized carbons (Fsp3) is 0.381. The van der Waals surface area contributed by atoms with E-state index in [-0.39, 0.29) is 5.01 Å². The van der Waals surface area contributed by atoms with Crippen molar-refractivity contribution >= 4 is 17.3 Å². The number of thiazole rings is 1. The molecule has 2 aliphatic rings. The second kappa shape index (κ2) is 9.38. The molecule has 0 radical (unpaired) electrons. The third-order valence-corrected chi connectivity index (χ3v) is 6.09. The Morgan fingerprint density at radius 3 is 2.97 bits per heavy atom. The van der Waals surface area contributed by atoms with Crippen molar-refractivity contribution in [1.82, 2.24) is 20.5 Å². The highest BCUT2D eigenvalue weighted by Crippen LogP contribution is 2.39. The van der Waals surface area contributed by atoms with Gasteiger partial charge < -0.3 is 19.9 Å². The summed E-state index contributed by atoms with van der Waals surface area (Å²) in [7, 11) is 1.96. The van der Waals surface area contributed by atoms with E-state index in [1.54, 1.807) is 6.20 Å². The van der Waals surface area contributed by atoms with Crippen LogP contribution in [0.4, 0.5) is 0 Å². The number of hydrogen-bond acceptors (Lipinski definition) is 7. The molecule has 3 aromatic rings. The summed E-state index contributed by atoms with van der Waals surface area (Å²) in [6.45, 7) is 2.49. The number of hydrogen-bond donors (Lipinski definition) is 3. The quantitative estimate of drug-likeness (QED) is 0.585. The number of aromatic carboxylic acids is 1. The summed E-state index contributed by atoms with van der Waals surface area (Å²) < 4.78 is 11.1. The normalized spacial score (nSPS) is 17.2. The van der Waals surface area contributed by atoms with Gasteiger partial charge >= 0.3 is 5.97 Å². The van der Waals surface area contributed by atoms with Crippen molar-refractivity contribution in [1.29, 1.82) is 0 Å². The number of H-pyrrole nitrogens is 1. The summed E-state index contributed by atoms with van der Waals surface area (Å²) >= 11 is 1.22. The summed E-state index contributed by atoms with van der Waals surface area (Å²) in [5.74, 6) is -0.268. The number of aromatic nitrogens is 3. The Balaban J connectivity index is 0.000000230. The van der Waals surface area contributed by atoms with Crippen LogP contribution < -0.4 is 10.1 Å². The van der Waals surface area contributed by atoms with Crippen molar-refractivity contribution in [3.63, 3.8) is 0 Å². The zero-order chi connectivity index (χ0) is 20.9. The van der Waals surface area contributed by atoms with Gasteiger partial charge in [0.1, 0.15) is 5.75 Å². The van der Waals surface area contributed by atoms with E-state index < -0.39 is 5.97 Å². The van der Waals surface area contributed by atoms with E-state index in [0.29, 0.717) is 24.8 Å². The van der Waals surface area contributed by atoms with E-state index in [1.807, 2.05) is 31.4 Å². The van der Waals surface area contributed by atoms with Gasteiger partial charge in [-0.2, -0.15) is 5.10 Å². The van der Waals surface area contributed by atoms with E-state index in [1.165, 1.54) is 24.2 Å². The molecule has 1 aromatic carbocycles. The fourth-order valence-corrected chi connectivity index (χ4v) is 4.43. The van der Waals surface area contributed by atoms with Crippen LogP contribution >= 0.6 is 11.3 Å². The zero-order valence-electron chi connectivity index (χ0n) is 16.7. The van der Waals surface area contributed by atoms with Crippen LogP contribution in [0.3, 0.4) is 0 Å². The molecule has 0 bridgehead atoms. The highest BCUT2D eigenvalue weighted by molar-refractivity contribution is 7.14. The van der Waals surface area contributed by atoms with Crippen LogP contribution in [0, 0.1) is 0 Å². The number of carboxylic acid groups (broad SMARTS) is 1. The molecule has 0 saturated carbocycles. The van der Waals surface area contributed by atoms with Gasteiger partial charge in [0, 0.05) is 41.8 Å². The third kappa shape index (κ3) is 4.53. The molecule has 1 saturated heterocycles. The number of nitrogens with one attached hydrogen (secondary N) is 2. The Kier molecular flexibility index (Phi) is 6.41. The van der Waals surface area contributed by atoms with Crippen LogP contribution in [-0.4, -0.2) is 59.2 Å². The van der Waals surface area contributed by atoms with E-state index in [4.69, 9.17) is 14.6 Å². The first-order valence-electron chi connectivity index (χ1n) is 9.91. The predicted molar refractivity (Wildman–Crippen MR) is 114 cm³/mol. The number of ether oxygens (including phenoxy) is 2. The molecular formula is C21H24N4O4S. The summed E-state index contributed by atoms with van der Waals surface area (Å²) in [4.78, 5) is 16.3. The number of fused-ring (bicyclic) bond motifs is 3. The minimum absolute atomic E-state index is 0.122. The molecule has 2 aromatic heterocycles. The van der Waals surface area contributed by atoms with Gasteiger partial charge in [-0.3, -0.25) is 5.10 Å². The molecule has 1 fully saturated rings. The maximum absolute atomic E-state index is 11.1. The Morgan fingerprint density at radius 1 is 1.37 bits per heavy atom. The van der Waals surface area contributed by atoms with Crippen molar-refractivity contribution in [3.8, 4) is 28.1 Å². The minimum atomic E-state index is -0.990. The molecule has 1 atom stereocenters. The van der Waals surface area contributed by atoms with Gasteiger partial charge in [0.15, 0.2) is 0 Å². The van der Waals surface area contributed by atoms with Gasteiger partial charge in [0.2, 0.25) is 5.01 Å². The van der Waals surface area contributed by atoms with Crippen LogP contribution in [0.2, 0.25) is 0 Å². The van der Waals surface area contributed by atoms with E-state index >= 15 is 0 Å². The van der Waals surface area contributed by atoms with Crippen LogP contribution in [0.1, 0.15) is 27.5 Å². The number of benzene rings is 1. The Bertz CT molecular complexity index is 997. The molecule has 0 aliphatic carbocycles. The van der Waals surface area contributed by atoms with Gasteiger partial charge in [-0.25, -0.2) is 9.78 Å². The molecule has 9 heteroatoms. The Hall–Kier alpha value is -2.75. The highest BCUT2D eigenvalue weighted by atomic mass is 32.1. The second-order valence-corrected chi connectivity index (χ2v) is 8.17. The van der Waals surface area contributed by atoms with Crippen molar-refractivity contribution in [2.24, 2.45) is 0 Å². The molecule has 5 rings (SSSR count). The van der Waals surface area contributed by atoms with Gasteiger partial charge in [-0.15, -0.1) is 11.3 Å². The molecule has 30 heavy (non-hydrogen) atoms. The summed E-state index contributed by atoms with van der Waals surface area (Å²) in [5.41, 5.74) is 3.52. The van der Waals surface area contributed by atoms with Crippen LogP contribution in [0.5, 0.6) is 5.75 Å². The molecule has 0 unspecified atom stereocenters. The van der Waals surface area contributed by atoms with Crippen LogP contribution in [-0.2, 0) is 11.2 Å². The lowest BCUT2D eigenvalue weighted by molar-refractivity contribution is 0.0696. The van der Waals surface area contributed by atoms with Crippen molar-refractivity contribution in [2.75, 3.05) is 26.8 Å². The maximum atomic E-state index is 11.1. The Labute approximate surface area is 178 Å². The monoisotopic (exact) mass is 428 g/mol. The van der Waals surface area contributed by atoms with E-state index in [9.17, 15) is 4.79 Å². The van der Waals surface area contributed by atoms with Gasteiger partial charge in [0.05, 0.1) is 24.6 Å². The molecule has 2 aliphatic heterocycles. The first-order chi connectivity index (χ1) is 14.7. The number of carbonyl (C=O) groups is 1. The first kappa shape index (κ1) is 20.5. The number of aromatic amines is 1. The fourth-order valence-electron chi connectivity index (χ4n) is 3.54. The molecule has 8 nitrogen and oxygen atoms in total. The maximum Gasteiger partial charge on any atom is 0.365 e. The molecular weight excluding hydrogens is 404 g/mol. The molecule has 0 spiro atoms. The van der Waals surface area contributed by atoms with Crippen molar-refractivity contribution < 1.29 is 19.4 Å². The summed E-state index contributed by atoms with van der Waals surface area (Å²) in [6.07, 6.45) is 7.20. The van der Waals surface area contributed by atoms with E-state index in [2.05, 4.69) is 20.5 Å². The van der Waals surface area contributed by atoms with Gasteiger partial charge in [-0.1, -0.05) is 6.07 Å². The number of carboxylic acids is 1. The lowest BCUT2D eigenvalue weighted by Gasteiger charge is -2.08. The number of nitrogens with zero attached hydrogens (tertiary/aromatic N) is 2. The molecule has 158 valence electrons.